The second-order valence-electron chi connectivity index (χ2n) is 8.25. The summed E-state index contributed by atoms with van der Waals surface area (Å²) in [5.74, 6) is 0.0573. The Hall–Kier alpha value is -3.51. The zero-order valence-electron chi connectivity index (χ0n) is 18.0. The van der Waals surface area contributed by atoms with Gasteiger partial charge in [-0.25, -0.2) is 0 Å². The summed E-state index contributed by atoms with van der Waals surface area (Å²) in [6, 6.07) is 26.5. The Morgan fingerprint density at radius 2 is 1.53 bits per heavy atom. The van der Waals surface area contributed by atoms with E-state index < -0.39 is 0 Å². The van der Waals surface area contributed by atoms with Gasteiger partial charge in [-0.3, -0.25) is 19.7 Å². The molecule has 1 amide bonds. The minimum Gasteiger partial charge on any atom is -0.335 e. The minimum atomic E-state index is 0.0306. The molecule has 2 aliphatic heterocycles. The number of anilines is 1. The summed E-state index contributed by atoms with van der Waals surface area (Å²) in [5, 5.41) is 6.81. The van der Waals surface area contributed by atoms with Crippen molar-refractivity contribution in [2.75, 3.05) is 31.2 Å². The van der Waals surface area contributed by atoms with Crippen LogP contribution in [-0.2, 0) is 11.3 Å². The molecule has 3 aromatic rings. The molecule has 1 saturated heterocycles. The summed E-state index contributed by atoms with van der Waals surface area (Å²) in [6.45, 7) is 3.94. The van der Waals surface area contributed by atoms with Crippen molar-refractivity contribution >= 4 is 17.3 Å². The quantitative estimate of drug-likeness (QED) is 0.625. The van der Waals surface area contributed by atoms with Crippen molar-refractivity contribution < 1.29 is 4.79 Å². The third-order valence-corrected chi connectivity index (χ3v) is 6.13. The van der Waals surface area contributed by atoms with Crippen LogP contribution in [0.1, 0.15) is 23.7 Å². The van der Waals surface area contributed by atoms with E-state index in [0.717, 1.165) is 31.0 Å². The predicted octanol–water partition coefficient (Wildman–Crippen LogP) is 3.73. The third kappa shape index (κ3) is 4.41. The highest BCUT2D eigenvalue weighted by atomic mass is 16.2. The van der Waals surface area contributed by atoms with Crippen molar-refractivity contribution in [3.8, 4) is 0 Å². The monoisotopic (exact) mass is 425 g/mol. The number of carbonyl (C=O) groups excluding carboxylic acids is 1. The number of carbonyl (C=O) groups is 1. The Labute approximate surface area is 188 Å². The molecule has 0 N–H and O–H groups in total. The number of hydrogen-bond donors (Lipinski definition) is 0. The summed E-state index contributed by atoms with van der Waals surface area (Å²) in [7, 11) is 0. The first-order valence-corrected chi connectivity index (χ1v) is 11.2. The van der Waals surface area contributed by atoms with E-state index >= 15 is 0 Å². The number of piperazine rings is 1. The molecule has 2 aromatic carbocycles. The average molecular weight is 426 g/mol. The van der Waals surface area contributed by atoms with E-state index in [-0.39, 0.29) is 11.9 Å². The number of nitrogens with zero attached hydrogens (tertiary/aromatic N) is 5. The first kappa shape index (κ1) is 20.4. The predicted molar refractivity (Wildman–Crippen MR) is 126 cm³/mol. The van der Waals surface area contributed by atoms with Gasteiger partial charge in [-0.15, -0.1) is 0 Å². The zero-order valence-corrected chi connectivity index (χ0v) is 18.0. The van der Waals surface area contributed by atoms with E-state index in [1.54, 1.807) is 0 Å². The Kier molecular flexibility index (Phi) is 5.94. The lowest BCUT2D eigenvalue weighted by molar-refractivity contribution is -0.125. The van der Waals surface area contributed by atoms with Crippen LogP contribution in [-0.4, -0.2) is 52.6 Å². The Morgan fingerprint density at radius 1 is 0.844 bits per heavy atom. The maximum Gasteiger partial charge on any atom is 0.270 e. The molecule has 6 heteroatoms. The number of amides is 1. The van der Waals surface area contributed by atoms with Crippen molar-refractivity contribution in [2.45, 2.75) is 19.0 Å². The van der Waals surface area contributed by atoms with Gasteiger partial charge in [0.2, 0.25) is 0 Å². The van der Waals surface area contributed by atoms with Gasteiger partial charge in [-0.2, -0.15) is 5.10 Å². The standard InChI is InChI=1S/C26H27N5O/c32-26(30-17-15-29(16-18-30)20-22-11-7-8-14-27-22)24-19-25(21-9-3-1-4-10-21)31(28-24)23-12-5-2-6-13-23/h1-14,25H,15-20H2. The summed E-state index contributed by atoms with van der Waals surface area (Å²) in [5.41, 5.74) is 3.88. The lowest BCUT2D eigenvalue weighted by Crippen LogP contribution is -2.50. The van der Waals surface area contributed by atoms with Crippen molar-refractivity contribution in [1.82, 2.24) is 14.8 Å². The molecular formula is C26H27N5O. The molecular weight excluding hydrogens is 398 g/mol. The van der Waals surface area contributed by atoms with E-state index in [4.69, 9.17) is 5.10 Å². The zero-order chi connectivity index (χ0) is 21.8. The molecule has 0 radical (unpaired) electrons. The maximum absolute atomic E-state index is 13.4. The second kappa shape index (κ2) is 9.32. The van der Waals surface area contributed by atoms with Gasteiger partial charge < -0.3 is 4.90 Å². The maximum atomic E-state index is 13.4. The highest BCUT2D eigenvalue weighted by Crippen LogP contribution is 2.35. The number of rotatable bonds is 5. The molecule has 0 spiro atoms. The normalized spacial score (nSPS) is 19.1. The van der Waals surface area contributed by atoms with Crippen molar-refractivity contribution in [3.63, 3.8) is 0 Å². The average Bonchev–Trinajstić information content (AvgIpc) is 3.31. The third-order valence-electron chi connectivity index (χ3n) is 6.13. The topological polar surface area (TPSA) is 52.0 Å². The van der Waals surface area contributed by atoms with Crippen LogP contribution in [0.25, 0.3) is 0 Å². The van der Waals surface area contributed by atoms with Crippen LogP contribution in [0.3, 0.4) is 0 Å². The number of hydrogen-bond acceptors (Lipinski definition) is 5. The van der Waals surface area contributed by atoms with Crippen LogP contribution >= 0.6 is 0 Å². The van der Waals surface area contributed by atoms with E-state index in [1.165, 1.54) is 5.56 Å². The summed E-state index contributed by atoms with van der Waals surface area (Å²) in [6.07, 6.45) is 2.45. The van der Waals surface area contributed by atoms with Crippen LogP contribution in [0.5, 0.6) is 0 Å². The molecule has 1 unspecified atom stereocenters. The summed E-state index contributed by atoms with van der Waals surface area (Å²) < 4.78 is 0. The van der Waals surface area contributed by atoms with Crippen LogP contribution in [0.4, 0.5) is 5.69 Å². The van der Waals surface area contributed by atoms with E-state index in [2.05, 4.69) is 22.0 Å². The van der Waals surface area contributed by atoms with E-state index in [0.29, 0.717) is 25.2 Å². The first-order valence-electron chi connectivity index (χ1n) is 11.2. The number of para-hydroxylation sites is 1. The molecule has 162 valence electrons. The SMILES string of the molecule is O=C(C1=NN(c2ccccc2)C(c2ccccc2)C1)N1CCN(Cc2ccccn2)CC1. The molecule has 1 atom stereocenters. The van der Waals surface area contributed by atoms with Gasteiger partial charge in [-0.1, -0.05) is 54.6 Å². The van der Waals surface area contributed by atoms with Crippen LogP contribution < -0.4 is 5.01 Å². The highest BCUT2D eigenvalue weighted by molar-refractivity contribution is 6.39. The molecule has 5 rings (SSSR count). The lowest BCUT2D eigenvalue weighted by atomic mass is 10.0. The molecule has 1 fully saturated rings. The van der Waals surface area contributed by atoms with Gasteiger partial charge in [0.1, 0.15) is 5.71 Å². The Bertz CT molecular complexity index is 1060. The van der Waals surface area contributed by atoms with Gasteiger partial charge in [0, 0.05) is 45.3 Å². The fraction of sp³-hybridized carbons (Fsp3) is 0.269. The molecule has 1 aromatic heterocycles. The van der Waals surface area contributed by atoms with Crippen molar-refractivity contribution in [2.24, 2.45) is 5.10 Å². The number of hydrazone groups is 1. The molecule has 32 heavy (non-hydrogen) atoms. The van der Waals surface area contributed by atoms with E-state index in [9.17, 15) is 4.79 Å². The van der Waals surface area contributed by atoms with Gasteiger partial charge >= 0.3 is 0 Å². The van der Waals surface area contributed by atoms with Gasteiger partial charge in [0.25, 0.3) is 5.91 Å². The highest BCUT2D eigenvalue weighted by Gasteiger charge is 2.35. The number of aromatic nitrogens is 1. The molecule has 2 aliphatic rings. The Balaban J connectivity index is 1.28. The largest absolute Gasteiger partial charge is 0.335 e. The minimum absolute atomic E-state index is 0.0306. The second-order valence-corrected chi connectivity index (χ2v) is 8.25. The fourth-order valence-electron chi connectivity index (χ4n) is 4.41. The van der Waals surface area contributed by atoms with Crippen LogP contribution in [0.2, 0.25) is 0 Å². The lowest BCUT2D eigenvalue weighted by Gasteiger charge is -2.34. The summed E-state index contributed by atoms with van der Waals surface area (Å²) >= 11 is 0. The van der Waals surface area contributed by atoms with Crippen LogP contribution in [0.15, 0.2) is 90.2 Å². The van der Waals surface area contributed by atoms with Gasteiger partial charge in [-0.05, 0) is 29.8 Å². The Morgan fingerprint density at radius 3 is 2.22 bits per heavy atom. The van der Waals surface area contributed by atoms with E-state index in [1.807, 2.05) is 82.8 Å². The smallest absolute Gasteiger partial charge is 0.270 e. The van der Waals surface area contributed by atoms with Crippen molar-refractivity contribution in [3.05, 3.63) is 96.3 Å². The molecule has 3 heterocycles. The fourth-order valence-corrected chi connectivity index (χ4v) is 4.41. The van der Waals surface area contributed by atoms with Crippen LogP contribution in [0, 0.1) is 0 Å². The summed E-state index contributed by atoms with van der Waals surface area (Å²) in [4.78, 5) is 22.1. The van der Waals surface area contributed by atoms with Gasteiger partial charge in [0.05, 0.1) is 17.4 Å². The molecule has 0 bridgehead atoms. The molecule has 0 saturated carbocycles. The first-order chi connectivity index (χ1) is 15.8. The van der Waals surface area contributed by atoms with Crippen molar-refractivity contribution in [1.29, 1.82) is 0 Å². The molecule has 6 nitrogen and oxygen atoms in total. The number of pyridine rings is 1. The van der Waals surface area contributed by atoms with Gasteiger partial charge in [0.15, 0.2) is 0 Å². The molecule has 0 aliphatic carbocycles. The number of benzene rings is 2.